The first-order chi connectivity index (χ1) is 10.1. The van der Waals surface area contributed by atoms with Crippen molar-refractivity contribution in [2.24, 2.45) is 5.92 Å². The van der Waals surface area contributed by atoms with Crippen molar-refractivity contribution in [3.05, 3.63) is 35.9 Å². The molecule has 1 heterocycles. The van der Waals surface area contributed by atoms with Crippen molar-refractivity contribution in [3.63, 3.8) is 0 Å². The van der Waals surface area contributed by atoms with E-state index in [1.807, 2.05) is 23.1 Å². The van der Waals surface area contributed by atoms with E-state index in [0.717, 1.165) is 19.4 Å². The van der Waals surface area contributed by atoms with Crippen LogP contribution < -0.4 is 5.32 Å². The standard InChI is InChI=1S/C18H28N2O/c1-4-5-9-12-20-17(15-10-7-6-8-11-15)19-16(18(20)21)13-14(2)3/h6-8,10-11,14,16-17,19H,4-5,9,12-13H2,1-3H3. The van der Waals surface area contributed by atoms with Gasteiger partial charge in [-0.3, -0.25) is 10.1 Å². The highest BCUT2D eigenvalue weighted by Crippen LogP contribution is 2.28. The zero-order valence-electron chi connectivity index (χ0n) is 13.5. The van der Waals surface area contributed by atoms with Gasteiger partial charge in [-0.15, -0.1) is 0 Å². The van der Waals surface area contributed by atoms with Crippen LogP contribution in [0, 0.1) is 5.92 Å². The second-order valence-electron chi connectivity index (χ2n) is 6.40. The lowest BCUT2D eigenvalue weighted by molar-refractivity contribution is -0.130. The number of nitrogens with zero attached hydrogens (tertiary/aromatic N) is 1. The van der Waals surface area contributed by atoms with Crippen LogP contribution in [-0.2, 0) is 4.79 Å². The molecule has 21 heavy (non-hydrogen) atoms. The first kappa shape index (κ1) is 16.0. The van der Waals surface area contributed by atoms with Crippen molar-refractivity contribution in [1.29, 1.82) is 0 Å². The molecular weight excluding hydrogens is 260 g/mol. The number of rotatable bonds is 7. The van der Waals surface area contributed by atoms with Crippen molar-refractivity contribution in [3.8, 4) is 0 Å². The molecular formula is C18H28N2O. The Balaban J connectivity index is 2.13. The van der Waals surface area contributed by atoms with Gasteiger partial charge in [-0.25, -0.2) is 0 Å². The van der Waals surface area contributed by atoms with E-state index in [1.54, 1.807) is 0 Å². The van der Waals surface area contributed by atoms with E-state index >= 15 is 0 Å². The molecule has 3 nitrogen and oxygen atoms in total. The lowest BCUT2D eigenvalue weighted by atomic mass is 10.0. The van der Waals surface area contributed by atoms with Gasteiger partial charge in [-0.05, 0) is 24.3 Å². The lowest BCUT2D eigenvalue weighted by Crippen LogP contribution is -2.32. The number of unbranched alkanes of at least 4 members (excludes halogenated alkanes) is 2. The summed E-state index contributed by atoms with van der Waals surface area (Å²) in [7, 11) is 0. The summed E-state index contributed by atoms with van der Waals surface area (Å²) in [6, 6.07) is 10.3. The van der Waals surface area contributed by atoms with Gasteiger partial charge < -0.3 is 4.90 Å². The van der Waals surface area contributed by atoms with Gasteiger partial charge in [0.15, 0.2) is 0 Å². The fourth-order valence-corrected chi connectivity index (χ4v) is 3.00. The number of hydrogen-bond acceptors (Lipinski definition) is 2. The maximum Gasteiger partial charge on any atom is 0.241 e. The van der Waals surface area contributed by atoms with Gasteiger partial charge in [0, 0.05) is 6.54 Å². The smallest absolute Gasteiger partial charge is 0.241 e. The minimum absolute atomic E-state index is 0.0307. The number of benzene rings is 1. The number of nitrogens with one attached hydrogen (secondary N) is 1. The average molecular weight is 288 g/mol. The van der Waals surface area contributed by atoms with Crippen molar-refractivity contribution < 1.29 is 4.79 Å². The van der Waals surface area contributed by atoms with Crippen LogP contribution in [0.2, 0.25) is 0 Å². The van der Waals surface area contributed by atoms with E-state index in [2.05, 4.69) is 38.2 Å². The van der Waals surface area contributed by atoms with Crippen molar-refractivity contribution >= 4 is 5.91 Å². The molecule has 1 aliphatic heterocycles. The van der Waals surface area contributed by atoms with Gasteiger partial charge in [-0.2, -0.15) is 0 Å². The highest BCUT2D eigenvalue weighted by atomic mass is 16.2. The summed E-state index contributed by atoms with van der Waals surface area (Å²) in [5.74, 6) is 0.798. The van der Waals surface area contributed by atoms with Crippen LogP contribution >= 0.6 is 0 Å². The number of hydrogen-bond donors (Lipinski definition) is 1. The molecule has 2 atom stereocenters. The molecule has 0 aliphatic carbocycles. The summed E-state index contributed by atoms with van der Waals surface area (Å²) in [6.45, 7) is 7.40. The summed E-state index contributed by atoms with van der Waals surface area (Å²) in [6.07, 6.45) is 4.40. The molecule has 0 saturated carbocycles. The molecule has 1 aromatic carbocycles. The van der Waals surface area contributed by atoms with Gasteiger partial charge >= 0.3 is 0 Å². The first-order valence-electron chi connectivity index (χ1n) is 8.25. The number of carbonyl (C=O) groups is 1. The predicted octanol–water partition coefficient (Wildman–Crippen LogP) is 3.72. The molecule has 0 spiro atoms. The molecule has 1 aliphatic rings. The molecule has 1 aromatic rings. The molecule has 116 valence electrons. The summed E-state index contributed by atoms with van der Waals surface area (Å²) in [4.78, 5) is 14.7. The van der Waals surface area contributed by atoms with Gasteiger partial charge in [0.05, 0.1) is 6.04 Å². The molecule has 3 heteroatoms. The van der Waals surface area contributed by atoms with Crippen LogP contribution in [0.3, 0.4) is 0 Å². The maximum atomic E-state index is 12.7. The van der Waals surface area contributed by atoms with Gasteiger partial charge in [0.25, 0.3) is 0 Å². The maximum absolute atomic E-state index is 12.7. The molecule has 2 rings (SSSR count). The largest absolute Gasteiger partial charge is 0.322 e. The van der Waals surface area contributed by atoms with E-state index in [-0.39, 0.29) is 18.1 Å². The second-order valence-corrected chi connectivity index (χ2v) is 6.40. The Bertz CT molecular complexity index is 444. The molecule has 0 bridgehead atoms. The normalized spacial score (nSPS) is 22.3. The molecule has 1 fully saturated rings. The SMILES string of the molecule is CCCCCN1C(=O)C(CC(C)C)NC1c1ccccc1. The Labute approximate surface area is 128 Å². The van der Waals surface area contributed by atoms with Crippen LogP contribution in [0.25, 0.3) is 0 Å². The molecule has 1 N–H and O–H groups in total. The zero-order valence-corrected chi connectivity index (χ0v) is 13.5. The molecule has 0 aromatic heterocycles. The minimum atomic E-state index is -0.0307. The van der Waals surface area contributed by atoms with Gasteiger partial charge in [0.1, 0.15) is 6.17 Å². The highest BCUT2D eigenvalue weighted by molar-refractivity contribution is 5.84. The van der Waals surface area contributed by atoms with Gasteiger partial charge in [-0.1, -0.05) is 63.9 Å². The van der Waals surface area contributed by atoms with Crippen LogP contribution in [0.5, 0.6) is 0 Å². The molecule has 1 amide bonds. The van der Waals surface area contributed by atoms with Crippen molar-refractivity contribution in [2.75, 3.05) is 6.54 Å². The summed E-state index contributed by atoms with van der Waals surface area (Å²) >= 11 is 0. The summed E-state index contributed by atoms with van der Waals surface area (Å²) in [5.41, 5.74) is 1.19. The predicted molar refractivity (Wildman–Crippen MR) is 86.8 cm³/mol. The monoisotopic (exact) mass is 288 g/mol. The number of carbonyl (C=O) groups excluding carboxylic acids is 1. The van der Waals surface area contributed by atoms with E-state index in [1.165, 1.54) is 18.4 Å². The Kier molecular flexibility index (Phi) is 5.80. The van der Waals surface area contributed by atoms with E-state index < -0.39 is 0 Å². The van der Waals surface area contributed by atoms with E-state index in [9.17, 15) is 4.79 Å². The third-order valence-electron chi connectivity index (χ3n) is 4.08. The van der Waals surface area contributed by atoms with E-state index in [4.69, 9.17) is 0 Å². The van der Waals surface area contributed by atoms with Crippen LogP contribution in [0.4, 0.5) is 0 Å². The lowest BCUT2D eigenvalue weighted by Gasteiger charge is -2.24. The molecule has 1 saturated heterocycles. The fraction of sp³-hybridized carbons (Fsp3) is 0.611. The Hall–Kier alpha value is -1.35. The highest BCUT2D eigenvalue weighted by Gasteiger charge is 2.39. The van der Waals surface area contributed by atoms with E-state index in [0.29, 0.717) is 5.92 Å². The molecule has 0 radical (unpaired) electrons. The van der Waals surface area contributed by atoms with Crippen LogP contribution in [0.1, 0.15) is 58.2 Å². The van der Waals surface area contributed by atoms with Crippen molar-refractivity contribution in [2.45, 2.75) is 58.7 Å². The van der Waals surface area contributed by atoms with Gasteiger partial charge in [0.2, 0.25) is 5.91 Å². The van der Waals surface area contributed by atoms with Crippen LogP contribution in [0.15, 0.2) is 30.3 Å². The summed E-state index contributed by atoms with van der Waals surface area (Å²) < 4.78 is 0. The average Bonchev–Trinajstić information content (AvgIpc) is 2.77. The Morgan fingerprint density at radius 2 is 1.90 bits per heavy atom. The quantitative estimate of drug-likeness (QED) is 0.776. The van der Waals surface area contributed by atoms with Crippen LogP contribution in [-0.4, -0.2) is 23.4 Å². The van der Waals surface area contributed by atoms with Crippen molar-refractivity contribution in [1.82, 2.24) is 10.2 Å². The Morgan fingerprint density at radius 1 is 1.19 bits per heavy atom. The summed E-state index contributed by atoms with van der Waals surface area (Å²) in [5, 5.41) is 3.54. The fourth-order valence-electron chi connectivity index (χ4n) is 3.00. The second kappa shape index (κ2) is 7.60. The Morgan fingerprint density at radius 3 is 2.52 bits per heavy atom. The third kappa shape index (κ3) is 4.07. The third-order valence-corrected chi connectivity index (χ3v) is 4.08. The first-order valence-corrected chi connectivity index (χ1v) is 8.25. The zero-order chi connectivity index (χ0) is 15.2. The topological polar surface area (TPSA) is 32.3 Å². The number of amides is 1. The minimum Gasteiger partial charge on any atom is -0.322 e. The molecule has 2 unspecified atom stereocenters.